The fourth-order valence-corrected chi connectivity index (χ4v) is 2.80. The predicted molar refractivity (Wildman–Crippen MR) is 82.5 cm³/mol. The summed E-state index contributed by atoms with van der Waals surface area (Å²) in [6.45, 7) is 0. The topological polar surface area (TPSA) is 54.7 Å². The van der Waals surface area contributed by atoms with Crippen molar-refractivity contribution in [2.75, 3.05) is 5.73 Å². The number of nitrogens with two attached hydrogens (primary N) is 1. The van der Waals surface area contributed by atoms with Crippen LogP contribution >= 0.6 is 0 Å². The van der Waals surface area contributed by atoms with E-state index in [1.54, 1.807) is 0 Å². The zero-order valence-corrected chi connectivity index (χ0v) is 11.3. The Kier molecular flexibility index (Phi) is 2.52. The summed E-state index contributed by atoms with van der Waals surface area (Å²) in [7, 11) is 0. The normalized spacial score (nSPS) is 15.4. The molecule has 3 aromatic rings. The zero-order chi connectivity index (χ0) is 13.5. The summed E-state index contributed by atoms with van der Waals surface area (Å²) >= 11 is 0. The van der Waals surface area contributed by atoms with Crippen LogP contribution in [0.5, 0.6) is 0 Å². The summed E-state index contributed by atoms with van der Waals surface area (Å²) in [6.07, 6.45) is 3.86. The maximum Gasteiger partial charge on any atom is 0.110 e. The molecular formula is C17H17N3. The van der Waals surface area contributed by atoms with Crippen molar-refractivity contribution < 1.29 is 0 Å². The molecule has 100 valence electrons. The standard InChI is InChI=1S/C17H17N3/c18-14-6-2-5-12(9-14)13-7-8-15-16(10-13)20-17(19-15)11-3-1-4-11/h2,5-11H,1,3-4,18H2,(H,19,20). The minimum absolute atomic E-state index is 0.637. The van der Waals surface area contributed by atoms with Gasteiger partial charge in [-0.3, -0.25) is 0 Å². The highest BCUT2D eigenvalue weighted by molar-refractivity contribution is 5.82. The number of hydrogen-bond acceptors (Lipinski definition) is 2. The molecule has 0 bridgehead atoms. The molecule has 3 heteroatoms. The van der Waals surface area contributed by atoms with Gasteiger partial charge in [-0.2, -0.15) is 0 Å². The first-order valence-corrected chi connectivity index (χ1v) is 7.15. The van der Waals surface area contributed by atoms with E-state index in [-0.39, 0.29) is 0 Å². The number of imidazole rings is 1. The Morgan fingerprint density at radius 3 is 2.65 bits per heavy atom. The zero-order valence-electron chi connectivity index (χ0n) is 11.3. The number of anilines is 1. The van der Waals surface area contributed by atoms with Crippen molar-refractivity contribution in [1.82, 2.24) is 9.97 Å². The Hall–Kier alpha value is -2.29. The smallest absolute Gasteiger partial charge is 0.110 e. The number of aromatic nitrogens is 2. The second-order valence-corrected chi connectivity index (χ2v) is 5.61. The highest BCUT2D eigenvalue weighted by Gasteiger charge is 2.22. The lowest BCUT2D eigenvalue weighted by Crippen LogP contribution is -2.10. The van der Waals surface area contributed by atoms with Crippen molar-refractivity contribution in [2.24, 2.45) is 0 Å². The molecule has 1 aromatic heterocycles. The van der Waals surface area contributed by atoms with E-state index in [1.807, 2.05) is 18.2 Å². The summed E-state index contributed by atoms with van der Waals surface area (Å²) in [5.41, 5.74) is 11.1. The summed E-state index contributed by atoms with van der Waals surface area (Å²) in [6, 6.07) is 14.4. The predicted octanol–water partition coefficient (Wildman–Crippen LogP) is 4.08. The summed E-state index contributed by atoms with van der Waals surface area (Å²) in [5.74, 6) is 1.79. The lowest BCUT2D eigenvalue weighted by molar-refractivity contribution is 0.405. The first-order valence-electron chi connectivity index (χ1n) is 7.15. The van der Waals surface area contributed by atoms with Crippen molar-refractivity contribution in [3.8, 4) is 11.1 Å². The number of benzene rings is 2. The highest BCUT2D eigenvalue weighted by Crippen LogP contribution is 2.36. The van der Waals surface area contributed by atoms with Crippen molar-refractivity contribution in [2.45, 2.75) is 25.2 Å². The van der Waals surface area contributed by atoms with Crippen LogP contribution in [0.25, 0.3) is 22.2 Å². The maximum absolute atomic E-state index is 5.86. The largest absolute Gasteiger partial charge is 0.399 e. The second-order valence-electron chi connectivity index (χ2n) is 5.61. The highest BCUT2D eigenvalue weighted by atomic mass is 14.9. The molecule has 2 aromatic carbocycles. The molecule has 0 amide bonds. The van der Waals surface area contributed by atoms with E-state index < -0.39 is 0 Å². The van der Waals surface area contributed by atoms with Crippen LogP contribution in [-0.4, -0.2) is 9.97 Å². The minimum Gasteiger partial charge on any atom is -0.399 e. The van der Waals surface area contributed by atoms with Gasteiger partial charge in [0.15, 0.2) is 0 Å². The fourth-order valence-electron chi connectivity index (χ4n) is 2.80. The van der Waals surface area contributed by atoms with E-state index in [0.29, 0.717) is 5.92 Å². The van der Waals surface area contributed by atoms with Gasteiger partial charge in [0.05, 0.1) is 11.0 Å². The Labute approximate surface area is 117 Å². The SMILES string of the molecule is Nc1cccc(-c2ccc3nc(C4CCC4)[nH]c3c2)c1. The molecule has 0 spiro atoms. The molecule has 1 heterocycles. The van der Waals surface area contributed by atoms with E-state index in [0.717, 1.165) is 28.1 Å². The van der Waals surface area contributed by atoms with Crippen molar-refractivity contribution in [1.29, 1.82) is 0 Å². The van der Waals surface area contributed by atoms with Crippen molar-refractivity contribution in [3.63, 3.8) is 0 Å². The molecule has 1 fully saturated rings. The summed E-state index contributed by atoms with van der Waals surface area (Å²) in [5, 5.41) is 0. The van der Waals surface area contributed by atoms with Crippen molar-refractivity contribution in [3.05, 3.63) is 48.3 Å². The monoisotopic (exact) mass is 263 g/mol. The van der Waals surface area contributed by atoms with E-state index in [4.69, 9.17) is 10.7 Å². The molecule has 1 saturated carbocycles. The van der Waals surface area contributed by atoms with Gasteiger partial charge in [0, 0.05) is 11.6 Å². The molecule has 1 aliphatic rings. The number of nitrogens with one attached hydrogen (secondary N) is 1. The Balaban J connectivity index is 1.78. The third-order valence-electron chi connectivity index (χ3n) is 4.21. The van der Waals surface area contributed by atoms with Gasteiger partial charge in [-0.15, -0.1) is 0 Å². The second kappa shape index (κ2) is 4.37. The lowest BCUT2D eigenvalue weighted by Gasteiger charge is -2.22. The number of nitrogens with zero attached hydrogens (tertiary/aromatic N) is 1. The van der Waals surface area contributed by atoms with Crippen LogP contribution in [0, 0.1) is 0 Å². The van der Waals surface area contributed by atoms with Gasteiger partial charge in [-0.05, 0) is 48.2 Å². The summed E-state index contributed by atoms with van der Waals surface area (Å²) < 4.78 is 0. The fraction of sp³-hybridized carbons (Fsp3) is 0.235. The average Bonchev–Trinajstić information content (AvgIpc) is 2.78. The van der Waals surface area contributed by atoms with Crippen LogP contribution in [0.2, 0.25) is 0 Å². The minimum atomic E-state index is 0.637. The molecule has 1 aliphatic carbocycles. The lowest BCUT2D eigenvalue weighted by atomic mass is 9.85. The molecular weight excluding hydrogens is 246 g/mol. The van der Waals surface area contributed by atoms with Gasteiger partial charge in [0.1, 0.15) is 5.82 Å². The number of aromatic amines is 1. The number of hydrogen-bond donors (Lipinski definition) is 2. The maximum atomic E-state index is 5.86. The van der Waals surface area contributed by atoms with Gasteiger partial charge in [0.25, 0.3) is 0 Å². The average molecular weight is 263 g/mol. The third kappa shape index (κ3) is 1.86. The van der Waals surface area contributed by atoms with E-state index in [2.05, 4.69) is 29.2 Å². The Bertz CT molecular complexity index is 769. The van der Waals surface area contributed by atoms with Gasteiger partial charge < -0.3 is 10.7 Å². The quantitative estimate of drug-likeness (QED) is 0.684. The first-order chi connectivity index (χ1) is 9.79. The molecule has 0 atom stereocenters. The van der Waals surface area contributed by atoms with Crippen LogP contribution < -0.4 is 5.73 Å². The Morgan fingerprint density at radius 1 is 1.05 bits per heavy atom. The molecule has 0 saturated heterocycles. The van der Waals surface area contributed by atoms with Crippen LogP contribution in [0.15, 0.2) is 42.5 Å². The number of nitrogen functional groups attached to an aromatic ring is 1. The molecule has 3 N–H and O–H groups in total. The number of fused-ring (bicyclic) bond motifs is 1. The van der Waals surface area contributed by atoms with Gasteiger partial charge in [-0.1, -0.05) is 24.6 Å². The van der Waals surface area contributed by atoms with Crippen LogP contribution in [0.4, 0.5) is 5.69 Å². The third-order valence-corrected chi connectivity index (χ3v) is 4.21. The van der Waals surface area contributed by atoms with Crippen LogP contribution in [0.1, 0.15) is 31.0 Å². The van der Waals surface area contributed by atoms with E-state index >= 15 is 0 Å². The Morgan fingerprint density at radius 2 is 1.90 bits per heavy atom. The molecule has 0 radical (unpaired) electrons. The van der Waals surface area contributed by atoms with Gasteiger partial charge >= 0.3 is 0 Å². The molecule has 20 heavy (non-hydrogen) atoms. The number of H-pyrrole nitrogens is 1. The van der Waals surface area contributed by atoms with Gasteiger partial charge in [-0.25, -0.2) is 4.98 Å². The van der Waals surface area contributed by atoms with Crippen LogP contribution in [-0.2, 0) is 0 Å². The number of rotatable bonds is 2. The van der Waals surface area contributed by atoms with Crippen molar-refractivity contribution >= 4 is 16.7 Å². The molecule has 3 nitrogen and oxygen atoms in total. The van der Waals surface area contributed by atoms with Gasteiger partial charge in [0.2, 0.25) is 0 Å². The summed E-state index contributed by atoms with van der Waals surface area (Å²) in [4.78, 5) is 8.19. The van der Waals surface area contributed by atoms with Crippen LogP contribution in [0.3, 0.4) is 0 Å². The van der Waals surface area contributed by atoms with E-state index in [9.17, 15) is 0 Å². The first kappa shape index (κ1) is 11.5. The molecule has 0 unspecified atom stereocenters. The van der Waals surface area contributed by atoms with E-state index in [1.165, 1.54) is 24.8 Å². The molecule has 4 rings (SSSR count). The molecule has 0 aliphatic heterocycles.